The number of para-hydroxylation sites is 2. The van der Waals surface area contributed by atoms with Crippen molar-refractivity contribution in [2.24, 2.45) is 0 Å². The molecule has 0 bridgehead atoms. The predicted octanol–water partition coefficient (Wildman–Crippen LogP) is 2.02. The number of fused-ring (bicyclic) bond motifs is 1. The van der Waals surface area contributed by atoms with E-state index in [0.717, 1.165) is 4.31 Å². The summed E-state index contributed by atoms with van der Waals surface area (Å²) in [7, 11) is -2.80. The van der Waals surface area contributed by atoms with Gasteiger partial charge in [0.1, 0.15) is 5.75 Å². The molecule has 0 spiro atoms. The molecule has 136 valence electrons. The van der Waals surface area contributed by atoms with E-state index in [4.69, 9.17) is 9.47 Å². The second kappa shape index (κ2) is 6.80. The van der Waals surface area contributed by atoms with E-state index in [1.165, 1.54) is 32.2 Å². The second-order valence-corrected chi connectivity index (χ2v) is 7.58. The number of sulfonamides is 1. The second-order valence-electron chi connectivity index (χ2n) is 5.72. The molecular weight excluding hydrogens is 358 g/mol. The van der Waals surface area contributed by atoms with Gasteiger partial charge >= 0.3 is 5.97 Å². The summed E-state index contributed by atoms with van der Waals surface area (Å²) in [6.45, 7) is 1.14. The standard InChI is InChI=1S/C18H17NO6S/c1-12(20)13-6-5-7-14(10-13)26(22,23)19-11-17(18(21)24-2)25-16-9-4-3-8-15(16)19/h3-10,17H,11H2,1-2H3/t17-/m1/s1. The number of esters is 1. The smallest absolute Gasteiger partial charge is 0.348 e. The fourth-order valence-electron chi connectivity index (χ4n) is 2.69. The molecule has 1 aliphatic rings. The molecular formula is C18H17NO6S. The third-order valence-electron chi connectivity index (χ3n) is 4.03. The quantitative estimate of drug-likeness (QED) is 0.600. The lowest BCUT2D eigenvalue weighted by Gasteiger charge is -2.34. The first kappa shape index (κ1) is 17.9. The van der Waals surface area contributed by atoms with Gasteiger partial charge in [0.25, 0.3) is 10.0 Å². The van der Waals surface area contributed by atoms with Crippen LogP contribution in [-0.2, 0) is 19.6 Å². The van der Waals surface area contributed by atoms with Crippen LogP contribution in [0.1, 0.15) is 17.3 Å². The summed E-state index contributed by atoms with van der Waals surface area (Å²) in [6, 6.07) is 12.3. The molecule has 1 heterocycles. The Hall–Kier alpha value is -2.87. The van der Waals surface area contributed by atoms with Gasteiger partial charge in [-0.1, -0.05) is 24.3 Å². The van der Waals surface area contributed by atoms with Gasteiger partial charge in [-0.15, -0.1) is 0 Å². The Morgan fingerprint density at radius 3 is 2.58 bits per heavy atom. The van der Waals surface area contributed by atoms with Crippen LogP contribution in [0, 0.1) is 0 Å². The average molecular weight is 375 g/mol. The number of carbonyl (C=O) groups is 2. The highest BCUT2D eigenvalue weighted by molar-refractivity contribution is 7.92. The molecule has 0 fully saturated rings. The number of methoxy groups -OCH3 is 1. The Morgan fingerprint density at radius 1 is 1.15 bits per heavy atom. The summed E-state index contributed by atoms with van der Waals surface area (Å²) < 4.78 is 37.7. The molecule has 26 heavy (non-hydrogen) atoms. The lowest BCUT2D eigenvalue weighted by molar-refractivity contribution is -0.148. The zero-order chi connectivity index (χ0) is 18.9. The summed E-state index contributed by atoms with van der Waals surface area (Å²) >= 11 is 0. The minimum atomic E-state index is -4.01. The Kier molecular flexibility index (Phi) is 4.69. The van der Waals surface area contributed by atoms with Gasteiger partial charge in [-0.2, -0.15) is 0 Å². The average Bonchev–Trinajstić information content (AvgIpc) is 2.66. The van der Waals surface area contributed by atoms with Crippen molar-refractivity contribution in [3.8, 4) is 5.75 Å². The number of anilines is 1. The number of rotatable bonds is 4. The van der Waals surface area contributed by atoms with Gasteiger partial charge in [0, 0.05) is 5.56 Å². The van der Waals surface area contributed by atoms with Crippen molar-refractivity contribution >= 4 is 27.5 Å². The molecule has 0 radical (unpaired) electrons. The van der Waals surface area contributed by atoms with Gasteiger partial charge < -0.3 is 9.47 Å². The summed E-state index contributed by atoms with van der Waals surface area (Å²) in [5.74, 6) is -0.644. The van der Waals surface area contributed by atoms with Crippen molar-refractivity contribution in [3.63, 3.8) is 0 Å². The number of hydrogen-bond donors (Lipinski definition) is 0. The minimum Gasteiger partial charge on any atom is -0.475 e. The van der Waals surface area contributed by atoms with Crippen LogP contribution in [0.4, 0.5) is 5.69 Å². The Labute approximate surface area is 151 Å². The van der Waals surface area contributed by atoms with Gasteiger partial charge in [-0.3, -0.25) is 9.10 Å². The first-order valence-corrected chi connectivity index (χ1v) is 9.26. The lowest BCUT2D eigenvalue weighted by atomic mass is 10.2. The summed E-state index contributed by atoms with van der Waals surface area (Å²) in [4.78, 5) is 23.5. The van der Waals surface area contributed by atoms with E-state index in [-0.39, 0.29) is 28.5 Å². The predicted molar refractivity (Wildman–Crippen MR) is 93.9 cm³/mol. The van der Waals surface area contributed by atoms with Gasteiger partial charge in [0.15, 0.2) is 5.78 Å². The molecule has 2 aromatic carbocycles. The third-order valence-corrected chi connectivity index (χ3v) is 5.80. The summed E-state index contributed by atoms with van der Waals surface area (Å²) in [5.41, 5.74) is 0.609. The van der Waals surface area contributed by atoms with Crippen LogP contribution < -0.4 is 9.04 Å². The Morgan fingerprint density at radius 2 is 1.88 bits per heavy atom. The number of nitrogens with zero attached hydrogens (tertiary/aromatic N) is 1. The van der Waals surface area contributed by atoms with Crippen LogP contribution in [0.25, 0.3) is 0 Å². The number of hydrogen-bond acceptors (Lipinski definition) is 6. The molecule has 7 nitrogen and oxygen atoms in total. The van der Waals surface area contributed by atoms with E-state index in [9.17, 15) is 18.0 Å². The lowest BCUT2D eigenvalue weighted by Crippen LogP contribution is -2.47. The normalized spacial score (nSPS) is 16.4. The maximum absolute atomic E-state index is 13.2. The van der Waals surface area contributed by atoms with Gasteiger partial charge in [0.05, 0.1) is 24.2 Å². The Balaban J connectivity index is 2.09. The fourth-order valence-corrected chi connectivity index (χ4v) is 4.21. The van der Waals surface area contributed by atoms with Crippen molar-refractivity contribution in [2.45, 2.75) is 17.9 Å². The molecule has 1 atom stereocenters. The maximum atomic E-state index is 13.2. The zero-order valence-corrected chi connectivity index (χ0v) is 15.0. The van der Waals surface area contributed by atoms with Crippen LogP contribution in [-0.4, -0.2) is 39.9 Å². The minimum absolute atomic E-state index is 0.0366. The van der Waals surface area contributed by atoms with E-state index in [2.05, 4.69) is 0 Å². The molecule has 0 N–H and O–H groups in total. The monoisotopic (exact) mass is 375 g/mol. The van der Waals surface area contributed by atoms with E-state index in [0.29, 0.717) is 5.69 Å². The SMILES string of the molecule is COC(=O)[C@H]1CN(S(=O)(=O)c2cccc(C(C)=O)c2)c2ccccc2O1. The molecule has 0 aromatic heterocycles. The molecule has 0 amide bonds. The molecule has 3 rings (SSSR count). The van der Waals surface area contributed by atoms with Crippen LogP contribution in [0.5, 0.6) is 5.75 Å². The van der Waals surface area contributed by atoms with Gasteiger partial charge in [-0.05, 0) is 31.2 Å². The highest BCUT2D eigenvalue weighted by atomic mass is 32.2. The molecule has 0 saturated heterocycles. The van der Waals surface area contributed by atoms with E-state index < -0.39 is 22.1 Å². The highest BCUT2D eigenvalue weighted by Gasteiger charge is 2.38. The summed E-state index contributed by atoms with van der Waals surface area (Å²) in [6.07, 6.45) is -1.08. The maximum Gasteiger partial charge on any atom is 0.348 e. The van der Waals surface area contributed by atoms with Crippen molar-refractivity contribution in [3.05, 3.63) is 54.1 Å². The fraction of sp³-hybridized carbons (Fsp3) is 0.222. The van der Waals surface area contributed by atoms with Crippen LogP contribution >= 0.6 is 0 Å². The van der Waals surface area contributed by atoms with Crippen LogP contribution in [0.15, 0.2) is 53.4 Å². The van der Waals surface area contributed by atoms with Crippen molar-refractivity contribution in [1.29, 1.82) is 0 Å². The molecule has 0 unspecified atom stereocenters. The number of Topliss-reactive ketones (excluding diaryl/α,β-unsaturated/α-hetero) is 1. The van der Waals surface area contributed by atoms with E-state index >= 15 is 0 Å². The van der Waals surface area contributed by atoms with Crippen LogP contribution in [0.3, 0.4) is 0 Å². The molecule has 8 heteroatoms. The topological polar surface area (TPSA) is 90.0 Å². The van der Waals surface area contributed by atoms with Crippen molar-refractivity contribution in [2.75, 3.05) is 18.0 Å². The molecule has 0 aliphatic carbocycles. The zero-order valence-electron chi connectivity index (χ0n) is 14.2. The largest absolute Gasteiger partial charge is 0.475 e. The highest BCUT2D eigenvalue weighted by Crippen LogP contribution is 2.37. The first-order chi connectivity index (χ1) is 12.3. The molecule has 2 aromatic rings. The van der Waals surface area contributed by atoms with Crippen molar-refractivity contribution < 1.29 is 27.5 Å². The van der Waals surface area contributed by atoms with E-state index in [1.54, 1.807) is 30.3 Å². The van der Waals surface area contributed by atoms with Crippen LogP contribution in [0.2, 0.25) is 0 Å². The van der Waals surface area contributed by atoms with Crippen molar-refractivity contribution in [1.82, 2.24) is 0 Å². The third kappa shape index (κ3) is 3.15. The number of ether oxygens (including phenoxy) is 2. The number of benzene rings is 2. The Bertz CT molecular complexity index is 969. The van der Waals surface area contributed by atoms with Gasteiger partial charge in [0.2, 0.25) is 6.10 Å². The summed E-state index contributed by atoms with van der Waals surface area (Å²) in [5, 5.41) is 0. The first-order valence-electron chi connectivity index (χ1n) is 7.82. The molecule has 0 saturated carbocycles. The number of ketones is 1. The number of carbonyl (C=O) groups excluding carboxylic acids is 2. The van der Waals surface area contributed by atoms with Gasteiger partial charge in [-0.25, -0.2) is 13.2 Å². The van der Waals surface area contributed by atoms with E-state index in [1.807, 2.05) is 0 Å². The molecule has 1 aliphatic heterocycles.